The quantitative estimate of drug-likeness (QED) is 0.648. The first-order valence-electron chi connectivity index (χ1n) is 13.9. The molecule has 0 aromatic heterocycles. The molecule has 3 heterocycles. The van der Waals surface area contributed by atoms with Gasteiger partial charge in [-0.15, -0.1) is 0 Å². The number of amides is 2. The summed E-state index contributed by atoms with van der Waals surface area (Å²) < 4.78 is 11.4. The molecule has 0 radical (unpaired) electrons. The first-order chi connectivity index (χ1) is 17.7. The smallest absolute Gasteiger partial charge is 0.410 e. The lowest BCUT2D eigenvalue weighted by atomic mass is 9.83. The zero-order chi connectivity index (χ0) is 26.2. The maximum Gasteiger partial charge on any atom is 0.410 e. The third-order valence-corrected chi connectivity index (χ3v) is 8.46. The summed E-state index contributed by atoms with van der Waals surface area (Å²) in [5, 5.41) is 12.5. The number of nitrogens with zero attached hydrogens (tertiary/aromatic N) is 3. The molecular formula is C29H40N4O4. The van der Waals surface area contributed by atoms with Crippen molar-refractivity contribution in [2.45, 2.75) is 70.4 Å². The summed E-state index contributed by atoms with van der Waals surface area (Å²) in [6, 6.07) is 8.32. The van der Waals surface area contributed by atoms with E-state index in [1.807, 2.05) is 39.0 Å². The summed E-state index contributed by atoms with van der Waals surface area (Å²) in [6.07, 6.45) is 5.22. The Hall–Kier alpha value is -2.79. The van der Waals surface area contributed by atoms with E-state index < -0.39 is 5.60 Å². The van der Waals surface area contributed by atoms with E-state index in [9.17, 15) is 14.9 Å². The lowest BCUT2D eigenvalue weighted by Crippen LogP contribution is -2.57. The van der Waals surface area contributed by atoms with Gasteiger partial charge in [-0.2, -0.15) is 5.26 Å². The summed E-state index contributed by atoms with van der Waals surface area (Å²) in [5.41, 5.74) is 1.40. The lowest BCUT2D eigenvalue weighted by Gasteiger charge is -2.40. The average Bonchev–Trinajstić information content (AvgIpc) is 3.25. The normalized spacial score (nSPS) is 27.8. The third kappa shape index (κ3) is 6.04. The second kappa shape index (κ2) is 10.5. The fourth-order valence-corrected chi connectivity index (χ4v) is 6.30. The molecule has 1 saturated carbocycles. The van der Waals surface area contributed by atoms with E-state index in [2.05, 4.69) is 16.3 Å². The number of hydrogen-bond donors (Lipinski definition) is 1. The maximum absolute atomic E-state index is 12.7. The molecule has 2 saturated heterocycles. The Morgan fingerprint density at radius 2 is 1.89 bits per heavy atom. The molecule has 1 aliphatic carbocycles. The van der Waals surface area contributed by atoms with Crippen molar-refractivity contribution in [1.82, 2.24) is 15.1 Å². The molecule has 0 spiro atoms. The topological polar surface area (TPSA) is 94.9 Å². The van der Waals surface area contributed by atoms with Crippen LogP contribution in [-0.2, 0) is 9.53 Å². The van der Waals surface area contributed by atoms with Crippen LogP contribution in [0.25, 0.3) is 0 Å². The van der Waals surface area contributed by atoms with E-state index >= 15 is 0 Å². The van der Waals surface area contributed by atoms with Crippen LogP contribution in [-0.4, -0.2) is 72.8 Å². The third-order valence-electron chi connectivity index (χ3n) is 8.46. The molecule has 0 unspecified atom stereocenters. The number of nitrogens with one attached hydrogen (secondary N) is 1. The Balaban J connectivity index is 1.01. The number of rotatable bonds is 5. The molecule has 2 atom stereocenters. The van der Waals surface area contributed by atoms with Crippen LogP contribution in [0.15, 0.2) is 18.2 Å². The zero-order valence-electron chi connectivity index (χ0n) is 22.4. The van der Waals surface area contributed by atoms with Gasteiger partial charge in [0.05, 0.1) is 24.2 Å². The Morgan fingerprint density at radius 3 is 2.59 bits per heavy atom. The standard InChI is InChI=1S/C29H40N4O4/c1-29(2,3)37-28(35)33-15-21(16-33)27(34)31-23-7-4-19(5-8-23)10-11-32-14-22-18-36-26-9-6-20(13-30)12-24(26)25(22)17-32/h6,9,12,19,21-23,25H,4-5,7-8,10-11,14-18H2,1-3H3,(H,31,34)/t19?,22-,23?,25+/m0/s1. The maximum atomic E-state index is 12.7. The predicted molar refractivity (Wildman–Crippen MR) is 139 cm³/mol. The van der Waals surface area contributed by atoms with Crippen LogP contribution in [0.2, 0.25) is 0 Å². The van der Waals surface area contributed by atoms with Gasteiger partial charge < -0.3 is 24.6 Å². The first kappa shape index (κ1) is 25.8. The number of nitriles is 1. The average molecular weight is 509 g/mol. The summed E-state index contributed by atoms with van der Waals surface area (Å²) in [6.45, 7) is 10.4. The van der Waals surface area contributed by atoms with E-state index in [1.165, 1.54) is 12.0 Å². The van der Waals surface area contributed by atoms with Gasteiger partial charge >= 0.3 is 6.09 Å². The van der Waals surface area contributed by atoms with Crippen molar-refractivity contribution < 1.29 is 19.1 Å². The summed E-state index contributed by atoms with van der Waals surface area (Å²) in [7, 11) is 0. The number of ether oxygens (including phenoxy) is 2. The van der Waals surface area contributed by atoms with E-state index in [0.717, 1.165) is 57.7 Å². The van der Waals surface area contributed by atoms with Gasteiger partial charge in [0.2, 0.25) is 5.91 Å². The fourth-order valence-electron chi connectivity index (χ4n) is 6.30. The number of likely N-dealkylation sites (tertiary alicyclic amines) is 2. The monoisotopic (exact) mass is 508 g/mol. The number of hydrogen-bond acceptors (Lipinski definition) is 6. The Kier molecular flexibility index (Phi) is 7.35. The van der Waals surface area contributed by atoms with E-state index in [0.29, 0.717) is 36.4 Å². The molecule has 1 N–H and O–H groups in total. The molecule has 1 aromatic carbocycles. The van der Waals surface area contributed by atoms with Crippen molar-refractivity contribution in [3.63, 3.8) is 0 Å². The van der Waals surface area contributed by atoms with Gasteiger partial charge in [0, 0.05) is 49.6 Å². The van der Waals surface area contributed by atoms with Crippen molar-refractivity contribution in [2.24, 2.45) is 17.8 Å². The minimum atomic E-state index is -0.516. The predicted octanol–water partition coefficient (Wildman–Crippen LogP) is 3.90. The van der Waals surface area contributed by atoms with Crippen LogP contribution in [0, 0.1) is 29.1 Å². The minimum absolute atomic E-state index is 0.0741. The molecule has 3 fully saturated rings. The summed E-state index contributed by atoms with van der Waals surface area (Å²) in [5.74, 6) is 2.57. The van der Waals surface area contributed by atoms with Crippen molar-refractivity contribution >= 4 is 12.0 Å². The van der Waals surface area contributed by atoms with Gasteiger partial charge in [-0.25, -0.2) is 4.79 Å². The molecule has 37 heavy (non-hydrogen) atoms. The van der Waals surface area contributed by atoms with Crippen molar-refractivity contribution in [3.05, 3.63) is 29.3 Å². The molecular weight excluding hydrogens is 468 g/mol. The largest absolute Gasteiger partial charge is 0.493 e. The van der Waals surface area contributed by atoms with Gasteiger partial charge in [0.15, 0.2) is 0 Å². The highest BCUT2D eigenvalue weighted by molar-refractivity contribution is 5.82. The van der Waals surface area contributed by atoms with Crippen LogP contribution in [0.3, 0.4) is 0 Å². The molecule has 3 aliphatic heterocycles. The highest BCUT2D eigenvalue weighted by Crippen LogP contribution is 2.42. The van der Waals surface area contributed by atoms with Crippen molar-refractivity contribution in [1.29, 1.82) is 5.26 Å². The van der Waals surface area contributed by atoms with Gasteiger partial charge in [0.1, 0.15) is 11.4 Å². The van der Waals surface area contributed by atoms with Gasteiger partial charge in [0.25, 0.3) is 0 Å². The number of benzene rings is 1. The molecule has 4 aliphatic rings. The van der Waals surface area contributed by atoms with Gasteiger partial charge in [-0.3, -0.25) is 4.79 Å². The Labute approximate surface area is 220 Å². The molecule has 1 aromatic rings. The van der Waals surface area contributed by atoms with Crippen LogP contribution in [0.1, 0.15) is 69.9 Å². The summed E-state index contributed by atoms with van der Waals surface area (Å²) in [4.78, 5) is 28.9. The van der Waals surface area contributed by atoms with Gasteiger partial charge in [-0.1, -0.05) is 0 Å². The SMILES string of the molecule is CC(C)(C)OC(=O)N1CC(C(=O)NC2CCC(CCN3C[C@H]4COc5ccc(C#N)cc5[C@@H]4C3)CC2)C1. The number of carbonyl (C=O) groups excluding carboxylic acids is 2. The van der Waals surface area contributed by atoms with Gasteiger partial charge in [-0.05, 0) is 83.5 Å². The van der Waals surface area contributed by atoms with Crippen LogP contribution < -0.4 is 10.1 Å². The van der Waals surface area contributed by atoms with Crippen LogP contribution in [0.5, 0.6) is 5.75 Å². The zero-order valence-corrected chi connectivity index (χ0v) is 22.4. The van der Waals surface area contributed by atoms with E-state index in [1.54, 1.807) is 4.90 Å². The Morgan fingerprint density at radius 1 is 1.14 bits per heavy atom. The summed E-state index contributed by atoms with van der Waals surface area (Å²) >= 11 is 0. The molecule has 8 nitrogen and oxygen atoms in total. The van der Waals surface area contributed by atoms with Crippen molar-refractivity contribution in [2.75, 3.05) is 39.3 Å². The van der Waals surface area contributed by atoms with E-state index in [-0.39, 0.29) is 24.0 Å². The minimum Gasteiger partial charge on any atom is -0.493 e. The second-order valence-electron chi connectivity index (χ2n) is 12.4. The molecule has 0 bridgehead atoms. The Bertz CT molecular complexity index is 1050. The highest BCUT2D eigenvalue weighted by Gasteiger charge is 2.40. The molecule has 200 valence electrons. The highest BCUT2D eigenvalue weighted by atomic mass is 16.6. The fraction of sp³-hybridized carbons (Fsp3) is 0.690. The van der Waals surface area contributed by atoms with Crippen molar-refractivity contribution in [3.8, 4) is 11.8 Å². The molecule has 8 heteroatoms. The lowest BCUT2D eigenvalue weighted by molar-refractivity contribution is -0.130. The van der Waals surface area contributed by atoms with Crippen LogP contribution in [0.4, 0.5) is 4.79 Å². The molecule has 5 rings (SSSR count). The number of carbonyl (C=O) groups is 2. The number of fused-ring (bicyclic) bond motifs is 3. The molecule has 2 amide bonds. The van der Waals surface area contributed by atoms with E-state index in [4.69, 9.17) is 9.47 Å². The first-order valence-corrected chi connectivity index (χ1v) is 13.9. The second-order valence-corrected chi connectivity index (χ2v) is 12.4. The van der Waals surface area contributed by atoms with Crippen LogP contribution >= 0.6 is 0 Å².